The zero-order chi connectivity index (χ0) is 23.3. The molecule has 0 saturated carbocycles. The van der Waals surface area contributed by atoms with Gasteiger partial charge in [-0.15, -0.1) is 0 Å². The van der Waals surface area contributed by atoms with E-state index in [2.05, 4.69) is 28.4 Å². The minimum absolute atomic E-state index is 0.0573. The molecule has 3 aromatic rings. The predicted molar refractivity (Wildman–Crippen MR) is 128 cm³/mol. The maximum Gasteiger partial charge on any atom is 0.287 e. The van der Waals surface area contributed by atoms with Gasteiger partial charge in [0.05, 0.1) is 12.9 Å². The van der Waals surface area contributed by atoms with Crippen LogP contribution in [0.1, 0.15) is 27.2 Å². The first-order valence-corrected chi connectivity index (χ1v) is 11.8. The highest BCUT2D eigenvalue weighted by Crippen LogP contribution is 2.26. The molecular formula is C27H29N3O4. The fourth-order valence-corrected chi connectivity index (χ4v) is 4.63. The SMILES string of the molecule is O=C(N[C@H](Cc1ccccc1)C(=O)N1CCN(Cc2ccc3c(c2)CCO3)CC1)c1ccco1. The summed E-state index contributed by atoms with van der Waals surface area (Å²) in [6.45, 7) is 4.48. The Morgan fingerprint density at radius 1 is 0.941 bits per heavy atom. The van der Waals surface area contributed by atoms with Crippen LogP contribution in [-0.2, 0) is 24.2 Å². The third-order valence-corrected chi connectivity index (χ3v) is 6.48. The number of ether oxygens (including phenoxy) is 1. The van der Waals surface area contributed by atoms with Crippen molar-refractivity contribution in [2.45, 2.75) is 25.4 Å². The number of carbonyl (C=O) groups excluding carboxylic acids is 2. The van der Waals surface area contributed by atoms with Crippen LogP contribution < -0.4 is 10.1 Å². The van der Waals surface area contributed by atoms with E-state index in [1.165, 1.54) is 17.4 Å². The van der Waals surface area contributed by atoms with Crippen molar-refractivity contribution >= 4 is 11.8 Å². The summed E-state index contributed by atoms with van der Waals surface area (Å²) in [5.41, 5.74) is 3.55. The van der Waals surface area contributed by atoms with Gasteiger partial charge in [-0.1, -0.05) is 42.5 Å². The zero-order valence-corrected chi connectivity index (χ0v) is 19.1. The lowest BCUT2D eigenvalue weighted by Crippen LogP contribution is -2.55. The Morgan fingerprint density at radius 2 is 1.76 bits per heavy atom. The lowest BCUT2D eigenvalue weighted by atomic mass is 10.0. The van der Waals surface area contributed by atoms with Crippen molar-refractivity contribution in [3.63, 3.8) is 0 Å². The average molecular weight is 460 g/mol. The molecule has 5 rings (SSSR count). The zero-order valence-electron chi connectivity index (χ0n) is 19.1. The Hall–Kier alpha value is -3.58. The Kier molecular flexibility index (Phi) is 6.62. The van der Waals surface area contributed by atoms with Crippen molar-refractivity contribution in [3.05, 3.63) is 89.4 Å². The molecule has 3 heterocycles. The Morgan fingerprint density at radius 3 is 2.53 bits per heavy atom. The number of nitrogens with one attached hydrogen (secondary N) is 1. The number of amides is 2. The Labute approximate surface area is 199 Å². The molecule has 0 radical (unpaired) electrons. The third kappa shape index (κ3) is 5.15. The van der Waals surface area contributed by atoms with Gasteiger partial charge in [0.25, 0.3) is 5.91 Å². The normalized spacial score (nSPS) is 16.5. The van der Waals surface area contributed by atoms with Crippen LogP contribution in [-0.4, -0.2) is 60.4 Å². The van der Waals surface area contributed by atoms with Gasteiger partial charge in [0, 0.05) is 45.6 Å². The van der Waals surface area contributed by atoms with E-state index in [4.69, 9.17) is 9.15 Å². The number of furan rings is 1. The third-order valence-electron chi connectivity index (χ3n) is 6.48. The molecule has 2 aliphatic heterocycles. The van der Waals surface area contributed by atoms with Crippen LogP contribution in [0.2, 0.25) is 0 Å². The van der Waals surface area contributed by atoms with Crippen molar-refractivity contribution in [2.24, 2.45) is 0 Å². The number of carbonyl (C=O) groups is 2. The maximum absolute atomic E-state index is 13.4. The molecule has 0 bridgehead atoms. The number of piperazine rings is 1. The van der Waals surface area contributed by atoms with Crippen molar-refractivity contribution < 1.29 is 18.7 Å². The Bertz CT molecular complexity index is 1120. The second-order valence-electron chi connectivity index (χ2n) is 8.84. The molecule has 1 fully saturated rings. The molecule has 0 spiro atoms. The summed E-state index contributed by atoms with van der Waals surface area (Å²) in [5.74, 6) is 0.771. The van der Waals surface area contributed by atoms with Crippen molar-refractivity contribution in [1.29, 1.82) is 0 Å². The topological polar surface area (TPSA) is 75.0 Å². The van der Waals surface area contributed by atoms with Gasteiger partial charge in [0.1, 0.15) is 11.8 Å². The lowest BCUT2D eigenvalue weighted by molar-refractivity contribution is -0.135. The maximum atomic E-state index is 13.4. The van der Waals surface area contributed by atoms with Gasteiger partial charge in [-0.25, -0.2) is 0 Å². The molecule has 0 aliphatic carbocycles. The predicted octanol–water partition coefficient (Wildman–Crippen LogP) is 2.90. The highest BCUT2D eigenvalue weighted by Gasteiger charge is 2.29. The van der Waals surface area contributed by atoms with Crippen LogP contribution >= 0.6 is 0 Å². The number of hydrogen-bond donors (Lipinski definition) is 1. The van der Waals surface area contributed by atoms with E-state index in [1.54, 1.807) is 12.1 Å². The summed E-state index contributed by atoms with van der Waals surface area (Å²) in [5, 5.41) is 2.89. The minimum atomic E-state index is -0.650. The fraction of sp³-hybridized carbons (Fsp3) is 0.333. The van der Waals surface area contributed by atoms with Gasteiger partial charge in [-0.05, 0) is 34.9 Å². The first kappa shape index (κ1) is 22.2. The van der Waals surface area contributed by atoms with Gasteiger partial charge < -0.3 is 19.4 Å². The fourth-order valence-electron chi connectivity index (χ4n) is 4.63. The van der Waals surface area contributed by atoms with Crippen molar-refractivity contribution in [2.75, 3.05) is 32.8 Å². The molecule has 2 amide bonds. The van der Waals surface area contributed by atoms with E-state index in [0.717, 1.165) is 44.0 Å². The van der Waals surface area contributed by atoms with Crippen LogP contribution in [0.15, 0.2) is 71.3 Å². The van der Waals surface area contributed by atoms with E-state index in [-0.39, 0.29) is 17.6 Å². The molecule has 1 N–H and O–H groups in total. The molecule has 1 saturated heterocycles. The van der Waals surface area contributed by atoms with E-state index >= 15 is 0 Å². The second kappa shape index (κ2) is 10.1. The van der Waals surface area contributed by atoms with E-state index in [0.29, 0.717) is 19.5 Å². The standard InChI is InChI=1S/C27H29N3O4/c31-26(25-7-4-15-33-25)28-23(18-20-5-2-1-3-6-20)27(32)30-13-11-29(12-14-30)19-21-8-9-24-22(17-21)10-16-34-24/h1-9,15,17,23H,10-14,16,18-19H2,(H,28,31)/t23-/m1/s1. The van der Waals surface area contributed by atoms with E-state index in [9.17, 15) is 9.59 Å². The minimum Gasteiger partial charge on any atom is -0.493 e. The quantitative estimate of drug-likeness (QED) is 0.588. The second-order valence-corrected chi connectivity index (χ2v) is 8.84. The van der Waals surface area contributed by atoms with Gasteiger partial charge >= 0.3 is 0 Å². The first-order valence-electron chi connectivity index (χ1n) is 11.8. The molecular weight excluding hydrogens is 430 g/mol. The summed E-state index contributed by atoms with van der Waals surface area (Å²) < 4.78 is 10.8. The lowest BCUT2D eigenvalue weighted by Gasteiger charge is -2.36. The molecule has 2 aromatic carbocycles. The summed E-state index contributed by atoms with van der Waals surface area (Å²) >= 11 is 0. The van der Waals surface area contributed by atoms with Crippen LogP contribution in [0, 0.1) is 0 Å². The molecule has 7 heteroatoms. The summed E-state index contributed by atoms with van der Waals surface area (Å²) in [4.78, 5) is 30.3. The van der Waals surface area contributed by atoms with Crippen LogP contribution in [0.25, 0.3) is 0 Å². The molecule has 1 atom stereocenters. The number of hydrogen-bond acceptors (Lipinski definition) is 5. The Balaban J connectivity index is 1.21. The highest BCUT2D eigenvalue weighted by atomic mass is 16.5. The first-order chi connectivity index (χ1) is 16.7. The van der Waals surface area contributed by atoms with Crippen LogP contribution in [0.4, 0.5) is 0 Å². The molecule has 7 nitrogen and oxygen atoms in total. The van der Waals surface area contributed by atoms with Gasteiger partial charge in [0.2, 0.25) is 5.91 Å². The highest BCUT2D eigenvalue weighted by molar-refractivity contribution is 5.95. The van der Waals surface area contributed by atoms with Crippen molar-refractivity contribution in [1.82, 2.24) is 15.1 Å². The number of rotatable bonds is 7. The number of fused-ring (bicyclic) bond motifs is 1. The van der Waals surface area contributed by atoms with Crippen LogP contribution in [0.3, 0.4) is 0 Å². The molecule has 0 unspecified atom stereocenters. The average Bonchev–Trinajstić information content (AvgIpc) is 3.56. The number of benzene rings is 2. The number of nitrogens with zero attached hydrogens (tertiary/aromatic N) is 2. The molecule has 176 valence electrons. The summed E-state index contributed by atoms with van der Waals surface area (Å²) in [7, 11) is 0. The van der Waals surface area contributed by atoms with Gasteiger partial charge in [-0.2, -0.15) is 0 Å². The largest absolute Gasteiger partial charge is 0.493 e. The van der Waals surface area contributed by atoms with E-state index in [1.807, 2.05) is 35.2 Å². The van der Waals surface area contributed by atoms with Gasteiger partial charge in [0.15, 0.2) is 5.76 Å². The summed E-state index contributed by atoms with van der Waals surface area (Å²) in [6, 6.07) is 18.8. The monoisotopic (exact) mass is 459 g/mol. The van der Waals surface area contributed by atoms with Crippen molar-refractivity contribution in [3.8, 4) is 5.75 Å². The molecule has 2 aliphatic rings. The molecule has 34 heavy (non-hydrogen) atoms. The molecule has 1 aromatic heterocycles. The van der Waals surface area contributed by atoms with E-state index < -0.39 is 6.04 Å². The smallest absolute Gasteiger partial charge is 0.287 e. The van der Waals surface area contributed by atoms with Crippen LogP contribution in [0.5, 0.6) is 5.75 Å². The van der Waals surface area contributed by atoms with Gasteiger partial charge in [-0.3, -0.25) is 14.5 Å². The summed E-state index contributed by atoms with van der Waals surface area (Å²) in [6.07, 6.45) is 2.86.